The molecule has 1 aliphatic rings. The minimum absolute atomic E-state index is 0.0568. The van der Waals surface area contributed by atoms with Crippen molar-refractivity contribution in [1.29, 1.82) is 0 Å². The zero-order valence-electron chi connectivity index (χ0n) is 12.0. The highest BCUT2D eigenvalue weighted by molar-refractivity contribution is 7.22. The van der Waals surface area contributed by atoms with Gasteiger partial charge in [0.05, 0.1) is 0 Å². The average Bonchev–Trinajstić information content (AvgIpc) is 3.29. The van der Waals surface area contributed by atoms with Crippen LogP contribution in [-0.4, -0.2) is 15.9 Å². The van der Waals surface area contributed by atoms with Crippen molar-refractivity contribution in [3.8, 4) is 0 Å². The number of aromatic nitrogens is 2. The molecule has 2 N–H and O–H groups in total. The van der Waals surface area contributed by atoms with Gasteiger partial charge in [-0.1, -0.05) is 29.0 Å². The third-order valence-electron chi connectivity index (χ3n) is 3.53. The maximum atomic E-state index is 11.8. The Kier molecular flexibility index (Phi) is 3.63. The highest BCUT2D eigenvalue weighted by atomic mass is 35.5. The fourth-order valence-electron chi connectivity index (χ4n) is 2.21. The first-order chi connectivity index (χ1) is 11.2. The monoisotopic (exact) mass is 344 g/mol. The standard InChI is InChI=1S/C16H13ClN4OS/c17-10-2-1-3-11(8-10)18-13-7-6-12-15(20-13)23-16(19-12)21-14(22)9-4-5-9/h1-3,6-9H,4-5H2,(H,18,20)(H,19,21,22). The Balaban J connectivity index is 1.56. The van der Waals surface area contributed by atoms with Crippen molar-refractivity contribution in [1.82, 2.24) is 9.97 Å². The lowest BCUT2D eigenvalue weighted by atomic mass is 10.3. The van der Waals surface area contributed by atoms with E-state index in [0.717, 1.165) is 28.9 Å². The maximum absolute atomic E-state index is 11.8. The molecule has 116 valence electrons. The summed E-state index contributed by atoms with van der Waals surface area (Å²) in [5.74, 6) is 0.930. The molecule has 7 heteroatoms. The van der Waals surface area contributed by atoms with Gasteiger partial charge in [-0.15, -0.1) is 0 Å². The van der Waals surface area contributed by atoms with Gasteiger partial charge >= 0.3 is 0 Å². The minimum atomic E-state index is 0.0568. The van der Waals surface area contributed by atoms with E-state index >= 15 is 0 Å². The van der Waals surface area contributed by atoms with Crippen molar-refractivity contribution in [3.63, 3.8) is 0 Å². The van der Waals surface area contributed by atoms with Crippen LogP contribution in [0.4, 0.5) is 16.6 Å². The summed E-state index contributed by atoms with van der Waals surface area (Å²) in [5.41, 5.74) is 1.65. The predicted octanol–water partition coefficient (Wildman–Crippen LogP) is 4.44. The van der Waals surface area contributed by atoms with Gasteiger partial charge in [-0.3, -0.25) is 4.79 Å². The molecule has 0 atom stereocenters. The summed E-state index contributed by atoms with van der Waals surface area (Å²) in [6.45, 7) is 0. The SMILES string of the molecule is O=C(Nc1nc2ccc(Nc3cccc(Cl)c3)nc2s1)C1CC1. The van der Waals surface area contributed by atoms with Gasteiger partial charge < -0.3 is 10.6 Å². The van der Waals surface area contributed by atoms with Crippen LogP contribution in [0.5, 0.6) is 0 Å². The second-order valence-corrected chi connectivity index (χ2v) is 6.85. The number of benzene rings is 1. The molecular weight excluding hydrogens is 332 g/mol. The molecule has 1 aromatic carbocycles. The van der Waals surface area contributed by atoms with Crippen molar-refractivity contribution < 1.29 is 4.79 Å². The van der Waals surface area contributed by atoms with Crippen LogP contribution in [0.2, 0.25) is 5.02 Å². The summed E-state index contributed by atoms with van der Waals surface area (Å²) in [7, 11) is 0. The van der Waals surface area contributed by atoms with Gasteiger partial charge in [-0.25, -0.2) is 9.97 Å². The zero-order valence-corrected chi connectivity index (χ0v) is 13.6. The number of halogens is 1. The van der Waals surface area contributed by atoms with Gasteiger partial charge in [0, 0.05) is 16.6 Å². The number of carbonyl (C=O) groups is 1. The van der Waals surface area contributed by atoms with E-state index in [1.54, 1.807) is 0 Å². The Hall–Kier alpha value is -2.18. The van der Waals surface area contributed by atoms with E-state index in [9.17, 15) is 4.79 Å². The second kappa shape index (κ2) is 5.79. The second-order valence-electron chi connectivity index (χ2n) is 5.44. The van der Waals surface area contributed by atoms with Crippen molar-refractivity contribution in [2.45, 2.75) is 12.8 Å². The summed E-state index contributed by atoms with van der Waals surface area (Å²) in [4.78, 5) is 21.5. The lowest BCUT2D eigenvalue weighted by molar-refractivity contribution is -0.117. The van der Waals surface area contributed by atoms with E-state index in [2.05, 4.69) is 20.6 Å². The number of thiazole rings is 1. The molecule has 0 aliphatic heterocycles. The molecule has 2 aromatic heterocycles. The third-order valence-corrected chi connectivity index (χ3v) is 4.65. The number of carbonyl (C=O) groups excluding carboxylic acids is 1. The van der Waals surface area contributed by atoms with Crippen LogP contribution in [0, 0.1) is 5.92 Å². The van der Waals surface area contributed by atoms with Crippen LogP contribution >= 0.6 is 22.9 Å². The van der Waals surface area contributed by atoms with Gasteiger partial charge in [-0.05, 0) is 43.2 Å². The zero-order chi connectivity index (χ0) is 15.8. The van der Waals surface area contributed by atoms with Crippen molar-refractivity contribution in [2.75, 3.05) is 10.6 Å². The first kappa shape index (κ1) is 14.4. The van der Waals surface area contributed by atoms with Crippen LogP contribution < -0.4 is 10.6 Å². The van der Waals surface area contributed by atoms with Crippen LogP contribution in [0.3, 0.4) is 0 Å². The molecule has 0 saturated heterocycles. The number of nitrogens with one attached hydrogen (secondary N) is 2. The number of nitrogens with zero attached hydrogens (tertiary/aromatic N) is 2. The smallest absolute Gasteiger partial charge is 0.229 e. The van der Waals surface area contributed by atoms with Crippen molar-refractivity contribution in [3.05, 3.63) is 41.4 Å². The van der Waals surface area contributed by atoms with Gasteiger partial charge in [0.2, 0.25) is 5.91 Å². The minimum Gasteiger partial charge on any atom is -0.340 e. The molecule has 1 amide bonds. The molecular formula is C16H13ClN4OS. The lowest BCUT2D eigenvalue weighted by Crippen LogP contribution is -2.12. The highest BCUT2D eigenvalue weighted by Crippen LogP contribution is 2.32. The summed E-state index contributed by atoms with van der Waals surface area (Å²) < 4.78 is 0. The molecule has 3 aromatic rings. The Morgan fingerprint density at radius 2 is 2.09 bits per heavy atom. The molecule has 23 heavy (non-hydrogen) atoms. The Morgan fingerprint density at radius 3 is 2.87 bits per heavy atom. The van der Waals surface area contributed by atoms with Crippen LogP contribution in [0.1, 0.15) is 12.8 Å². The molecule has 1 fully saturated rings. The van der Waals surface area contributed by atoms with Crippen molar-refractivity contribution >= 4 is 55.8 Å². The Bertz CT molecular complexity index is 891. The van der Waals surface area contributed by atoms with Gasteiger partial charge in [0.15, 0.2) is 5.13 Å². The summed E-state index contributed by atoms with van der Waals surface area (Å²) in [5, 5.41) is 7.34. The molecule has 1 saturated carbocycles. The number of hydrogen-bond donors (Lipinski definition) is 2. The highest BCUT2D eigenvalue weighted by Gasteiger charge is 2.30. The molecule has 0 radical (unpaired) electrons. The fraction of sp³-hybridized carbons (Fsp3) is 0.188. The summed E-state index contributed by atoms with van der Waals surface area (Å²) in [6, 6.07) is 11.2. The molecule has 0 unspecified atom stereocenters. The predicted molar refractivity (Wildman–Crippen MR) is 93.5 cm³/mol. The number of amides is 1. The molecule has 4 rings (SSSR count). The molecule has 0 spiro atoms. The van der Waals surface area contributed by atoms with E-state index in [1.807, 2.05) is 36.4 Å². The van der Waals surface area contributed by atoms with E-state index in [-0.39, 0.29) is 11.8 Å². The summed E-state index contributed by atoms with van der Waals surface area (Å²) in [6.07, 6.45) is 1.95. The molecule has 2 heterocycles. The normalized spacial score (nSPS) is 14.0. The lowest BCUT2D eigenvalue weighted by Gasteiger charge is -2.05. The Labute approximate surface area is 141 Å². The van der Waals surface area contributed by atoms with Crippen molar-refractivity contribution in [2.24, 2.45) is 5.92 Å². The largest absolute Gasteiger partial charge is 0.340 e. The topological polar surface area (TPSA) is 66.9 Å². The quantitative estimate of drug-likeness (QED) is 0.734. The van der Waals surface area contributed by atoms with Crippen LogP contribution in [-0.2, 0) is 4.79 Å². The van der Waals surface area contributed by atoms with Gasteiger partial charge in [-0.2, -0.15) is 0 Å². The van der Waals surface area contributed by atoms with Gasteiger partial charge in [0.1, 0.15) is 16.2 Å². The average molecular weight is 345 g/mol. The molecule has 0 bridgehead atoms. The van der Waals surface area contributed by atoms with E-state index in [4.69, 9.17) is 11.6 Å². The van der Waals surface area contributed by atoms with Crippen LogP contribution in [0.15, 0.2) is 36.4 Å². The first-order valence-corrected chi connectivity index (χ1v) is 8.48. The number of rotatable bonds is 4. The number of anilines is 3. The third kappa shape index (κ3) is 3.28. The number of pyridine rings is 1. The maximum Gasteiger partial charge on any atom is 0.229 e. The van der Waals surface area contributed by atoms with Crippen LogP contribution in [0.25, 0.3) is 10.3 Å². The fourth-order valence-corrected chi connectivity index (χ4v) is 3.24. The summed E-state index contributed by atoms with van der Waals surface area (Å²) >= 11 is 7.36. The first-order valence-electron chi connectivity index (χ1n) is 7.28. The van der Waals surface area contributed by atoms with E-state index < -0.39 is 0 Å². The van der Waals surface area contributed by atoms with E-state index in [0.29, 0.717) is 16.0 Å². The Morgan fingerprint density at radius 1 is 1.22 bits per heavy atom. The number of hydrogen-bond acceptors (Lipinski definition) is 5. The molecule has 1 aliphatic carbocycles. The van der Waals surface area contributed by atoms with E-state index in [1.165, 1.54) is 11.3 Å². The van der Waals surface area contributed by atoms with Gasteiger partial charge in [0.25, 0.3) is 0 Å². The molecule has 5 nitrogen and oxygen atoms in total. The number of fused-ring (bicyclic) bond motifs is 1.